The molecule has 1 rings (SSSR count). The molecule has 8 heavy (non-hydrogen) atoms. The molecule has 0 aliphatic carbocycles. The molecule has 0 radical (unpaired) electrons. The van der Waals surface area contributed by atoms with E-state index in [1.165, 1.54) is 8.68 Å². The van der Waals surface area contributed by atoms with Crippen molar-refractivity contribution in [1.82, 2.24) is 4.57 Å². The monoisotopic (exact) mass is 297 g/mol. The van der Waals surface area contributed by atoms with Crippen LogP contribution in [0.25, 0.3) is 0 Å². The molecule has 0 fully saturated rings. The Morgan fingerprint density at radius 2 is 2.38 bits per heavy atom. The van der Waals surface area contributed by atoms with Crippen LogP contribution >= 0.6 is 11.3 Å². The Bertz CT molecular complexity index is 235. The molecule has 44 valence electrons. The van der Waals surface area contributed by atoms with Crippen LogP contribution in [-0.4, -0.2) is 4.57 Å². The van der Waals surface area contributed by atoms with E-state index in [9.17, 15) is 0 Å². The first-order chi connectivity index (χ1) is 3.72. The first-order valence-electron chi connectivity index (χ1n) is 2.33. The van der Waals surface area contributed by atoms with E-state index in [0.29, 0.717) is 0 Å². The van der Waals surface area contributed by atoms with Gasteiger partial charge in [0.15, 0.2) is 0 Å². The quantitative estimate of drug-likeness (QED) is 0.683. The molecule has 0 aromatic carbocycles. The second-order valence-electron chi connectivity index (χ2n) is 1.70. The second-order valence-corrected chi connectivity index (χ2v) is 4.97. The van der Waals surface area contributed by atoms with Crippen LogP contribution in [0.4, 0.5) is 0 Å². The van der Waals surface area contributed by atoms with Crippen LogP contribution in [0.15, 0.2) is 5.38 Å². The van der Waals surface area contributed by atoms with Gasteiger partial charge in [-0.15, -0.1) is 0 Å². The molecule has 1 aromatic rings. The van der Waals surface area contributed by atoms with Crippen molar-refractivity contribution >= 4 is 11.3 Å². The molecule has 1 nitrogen and oxygen atoms in total. The van der Waals surface area contributed by atoms with Crippen molar-refractivity contribution in [3.63, 3.8) is 0 Å². The van der Waals surface area contributed by atoms with Gasteiger partial charge in [-0.2, -0.15) is 0 Å². The van der Waals surface area contributed by atoms with Crippen LogP contribution in [0, 0.1) is 9.91 Å². The molecular weight excluding hydrogens is 290 g/mol. The molecule has 0 aliphatic heterocycles. The zero-order chi connectivity index (χ0) is 6.15. The SMILES string of the molecule is Cc1cs[c](=[W])n1C. The van der Waals surface area contributed by atoms with Gasteiger partial charge in [-0.1, -0.05) is 0 Å². The molecule has 0 bridgehead atoms. The Balaban J connectivity index is 3.41. The predicted octanol–water partition coefficient (Wildman–Crippen LogP) is 1.47. The van der Waals surface area contributed by atoms with Crippen molar-refractivity contribution in [1.29, 1.82) is 0 Å². The Morgan fingerprint density at radius 1 is 1.75 bits per heavy atom. The van der Waals surface area contributed by atoms with Gasteiger partial charge in [-0.25, -0.2) is 0 Å². The topological polar surface area (TPSA) is 4.93 Å². The van der Waals surface area contributed by atoms with E-state index in [0.717, 1.165) is 0 Å². The van der Waals surface area contributed by atoms with E-state index < -0.39 is 0 Å². The molecule has 0 atom stereocenters. The molecule has 1 heterocycles. The number of aromatic nitrogens is 1. The van der Waals surface area contributed by atoms with Crippen LogP contribution in [0.5, 0.6) is 0 Å². The third-order valence-electron chi connectivity index (χ3n) is 1.13. The molecule has 0 saturated carbocycles. The number of nitrogens with zero attached hydrogens (tertiary/aromatic N) is 1. The van der Waals surface area contributed by atoms with Gasteiger partial charge in [0, 0.05) is 0 Å². The summed E-state index contributed by atoms with van der Waals surface area (Å²) in [6.07, 6.45) is 0. The summed E-state index contributed by atoms with van der Waals surface area (Å²) in [7, 11) is 2.11. The number of aryl methyl sites for hydroxylation is 1. The summed E-state index contributed by atoms with van der Waals surface area (Å²) in [6, 6.07) is 0. The predicted molar refractivity (Wildman–Crippen MR) is 31.3 cm³/mol. The van der Waals surface area contributed by atoms with Crippen LogP contribution in [0.3, 0.4) is 0 Å². The summed E-state index contributed by atoms with van der Waals surface area (Å²) >= 11 is 3.39. The first kappa shape index (κ1) is 6.44. The van der Waals surface area contributed by atoms with Crippen LogP contribution in [0.2, 0.25) is 0 Å². The van der Waals surface area contributed by atoms with E-state index in [4.69, 9.17) is 0 Å². The summed E-state index contributed by atoms with van der Waals surface area (Å²) in [4.78, 5) is 0. The summed E-state index contributed by atoms with van der Waals surface area (Å²) in [5.41, 5.74) is 1.36. The summed E-state index contributed by atoms with van der Waals surface area (Å²) in [6.45, 7) is 2.13. The Labute approximate surface area is 63.4 Å². The zero-order valence-electron chi connectivity index (χ0n) is 4.84. The third-order valence-corrected chi connectivity index (χ3v) is 4.09. The van der Waals surface area contributed by atoms with Crippen LogP contribution in [-0.2, 0) is 26.4 Å². The maximum atomic E-state index is 2.22. The van der Waals surface area contributed by atoms with Crippen molar-refractivity contribution in [3.8, 4) is 0 Å². The minimum absolute atomic E-state index is 1.36. The average molecular weight is 297 g/mol. The molecule has 0 amide bonds. The van der Waals surface area contributed by atoms with E-state index in [1.54, 1.807) is 19.4 Å². The molecule has 3 heteroatoms. The van der Waals surface area contributed by atoms with Gasteiger partial charge in [0.2, 0.25) is 0 Å². The van der Waals surface area contributed by atoms with Crippen LogP contribution in [0.1, 0.15) is 5.69 Å². The number of hydrogen-bond donors (Lipinski definition) is 0. The van der Waals surface area contributed by atoms with Crippen molar-refractivity contribution in [3.05, 3.63) is 14.1 Å². The van der Waals surface area contributed by atoms with Crippen molar-refractivity contribution in [2.75, 3.05) is 0 Å². The third kappa shape index (κ3) is 1.01. The van der Waals surface area contributed by atoms with E-state index in [-0.39, 0.29) is 0 Å². The van der Waals surface area contributed by atoms with Crippen molar-refractivity contribution in [2.45, 2.75) is 6.92 Å². The minimum atomic E-state index is 1.36. The fourth-order valence-electron chi connectivity index (χ4n) is 0.438. The second kappa shape index (κ2) is 2.28. The Hall–Kier alpha value is 0.318. The Morgan fingerprint density at radius 3 is 2.50 bits per heavy atom. The number of thiazole rings is 1. The molecule has 1 aromatic heterocycles. The summed E-state index contributed by atoms with van der Waals surface area (Å²) < 4.78 is 3.67. The molecule has 0 saturated heterocycles. The van der Waals surface area contributed by atoms with E-state index in [2.05, 4.69) is 23.9 Å². The van der Waals surface area contributed by atoms with Crippen molar-refractivity contribution < 1.29 is 19.4 Å². The first-order valence-corrected chi connectivity index (χ1v) is 4.67. The van der Waals surface area contributed by atoms with Gasteiger partial charge in [0.1, 0.15) is 0 Å². The van der Waals surface area contributed by atoms with Gasteiger partial charge in [-0.05, 0) is 0 Å². The van der Waals surface area contributed by atoms with E-state index >= 15 is 0 Å². The molecule has 0 unspecified atom stereocenters. The van der Waals surface area contributed by atoms with E-state index in [1.807, 2.05) is 11.3 Å². The maximum absolute atomic E-state index is 2.22. The fraction of sp³-hybridized carbons (Fsp3) is 0.400. The fourth-order valence-corrected chi connectivity index (χ4v) is 2.21. The average Bonchev–Trinajstić information content (AvgIpc) is 1.98. The Kier molecular flexibility index (Phi) is 1.84. The molecular formula is C5H7NSW. The van der Waals surface area contributed by atoms with Crippen molar-refractivity contribution in [2.24, 2.45) is 7.05 Å². The molecule has 0 spiro atoms. The van der Waals surface area contributed by atoms with Gasteiger partial charge in [0.05, 0.1) is 0 Å². The van der Waals surface area contributed by atoms with Gasteiger partial charge >= 0.3 is 63.3 Å². The standard InChI is InChI=1S/C5H7NS.W/c1-5-3-7-4-6(5)2;/h3H,1-2H3;. The zero-order valence-corrected chi connectivity index (χ0v) is 8.59. The van der Waals surface area contributed by atoms with Gasteiger partial charge in [-0.3, -0.25) is 0 Å². The van der Waals surface area contributed by atoms with Gasteiger partial charge in [0.25, 0.3) is 0 Å². The van der Waals surface area contributed by atoms with Gasteiger partial charge < -0.3 is 0 Å². The number of hydrogen-bond acceptors (Lipinski definition) is 1. The molecule has 0 aliphatic rings. The molecule has 0 N–H and O–H groups in total. The summed E-state index contributed by atoms with van der Waals surface area (Å²) in [5.74, 6) is 0. The summed E-state index contributed by atoms with van der Waals surface area (Å²) in [5, 5.41) is 2.18. The van der Waals surface area contributed by atoms with Crippen LogP contribution < -0.4 is 0 Å². The number of rotatable bonds is 0. The normalized spacial score (nSPS) is 9.75.